The van der Waals surface area contributed by atoms with Crippen molar-refractivity contribution in [1.82, 2.24) is 19.3 Å². The number of fused-ring (bicyclic) bond motifs is 1. The Morgan fingerprint density at radius 3 is 2.64 bits per heavy atom. The molecule has 0 saturated carbocycles. The van der Waals surface area contributed by atoms with Gasteiger partial charge in [-0.25, -0.2) is 15.0 Å². The van der Waals surface area contributed by atoms with Crippen LogP contribution in [0.1, 0.15) is 24.5 Å². The van der Waals surface area contributed by atoms with Gasteiger partial charge in [-0.15, -0.1) is 11.3 Å². The van der Waals surface area contributed by atoms with Crippen molar-refractivity contribution in [3.8, 4) is 0 Å². The van der Waals surface area contributed by atoms with Gasteiger partial charge in [-0.05, 0) is 18.9 Å². The summed E-state index contributed by atoms with van der Waals surface area (Å²) >= 11 is 3.25. The molecule has 0 radical (unpaired) electrons. The molecule has 4 rings (SSSR count). The summed E-state index contributed by atoms with van der Waals surface area (Å²) in [5.41, 5.74) is 0. The van der Waals surface area contributed by atoms with E-state index < -0.39 is 0 Å². The summed E-state index contributed by atoms with van der Waals surface area (Å²) in [5, 5.41) is 2.23. The third-order valence-electron chi connectivity index (χ3n) is 4.33. The molecule has 6 nitrogen and oxygen atoms in total. The maximum Gasteiger partial charge on any atom is 0.205 e. The minimum Gasteiger partial charge on any atom is -0.352 e. The lowest BCUT2D eigenvalue weighted by Gasteiger charge is -2.35. The van der Waals surface area contributed by atoms with Gasteiger partial charge in [-0.2, -0.15) is 4.37 Å². The number of hydrogen-bond donors (Lipinski definition) is 0. The molecule has 0 unspecified atom stereocenters. The summed E-state index contributed by atoms with van der Waals surface area (Å²) in [6, 6.07) is 2.20. The molecule has 0 bridgehead atoms. The number of rotatable bonds is 4. The molecule has 3 aromatic rings. The Hall–Kier alpha value is -1.80. The van der Waals surface area contributed by atoms with Gasteiger partial charge in [-0.3, -0.25) is 0 Å². The summed E-state index contributed by atoms with van der Waals surface area (Å²) in [7, 11) is 0. The Morgan fingerprint density at radius 1 is 1.12 bits per heavy atom. The lowest BCUT2D eigenvalue weighted by molar-refractivity contribution is 0.621. The number of aromatic nitrogens is 4. The quantitative estimate of drug-likeness (QED) is 0.698. The van der Waals surface area contributed by atoms with Crippen LogP contribution in [0.15, 0.2) is 12.4 Å². The molecule has 1 fully saturated rings. The zero-order valence-corrected chi connectivity index (χ0v) is 16.4. The standard InChI is InChI=1S/C17H22N6S2/c1-11(2)8-14-20-17(25-21-14)23-6-4-22(5-7-23)15-13-9-12(3)24-16(13)19-10-18-15/h9-11H,4-8H2,1-3H3. The fraction of sp³-hybridized carbons (Fsp3) is 0.529. The molecule has 0 atom stereocenters. The molecule has 0 spiro atoms. The zero-order chi connectivity index (χ0) is 17.4. The fourth-order valence-electron chi connectivity index (χ4n) is 3.15. The van der Waals surface area contributed by atoms with Crippen molar-refractivity contribution in [3.63, 3.8) is 0 Å². The van der Waals surface area contributed by atoms with E-state index in [1.165, 1.54) is 21.8 Å². The Balaban J connectivity index is 1.46. The van der Waals surface area contributed by atoms with E-state index in [2.05, 4.69) is 51.0 Å². The molecule has 0 amide bonds. The van der Waals surface area contributed by atoms with Crippen molar-refractivity contribution in [2.45, 2.75) is 27.2 Å². The molecule has 0 aliphatic carbocycles. The molecule has 3 aromatic heterocycles. The van der Waals surface area contributed by atoms with Gasteiger partial charge < -0.3 is 9.80 Å². The van der Waals surface area contributed by atoms with Gasteiger partial charge in [0.25, 0.3) is 0 Å². The van der Waals surface area contributed by atoms with E-state index in [4.69, 9.17) is 4.98 Å². The average molecular weight is 375 g/mol. The van der Waals surface area contributed by atoms with Crippen LogP contribution in [0.4, 0.5) is 10.9 Å². The third kappa shape index (κ3) is 3.46. The summed E-state index contributed by atoms with van der Waals surface area (Å²) in [6.45, 7) is 10.3. The second-order valence-electron chi connectivity index (χ2n) is 6.84. The van der Waals surface area contributed by atoms with E-state index in [9.17, 15) is 0 Å². The van der Waals surface area contributed by atoms with Crippen LogP contribution >= 0.6 is 22.9 Å². The minimum absolute atomic E-state index is 0.591. The van der Waals surface area contributed by atoms with Crippen molar-refractivity contribution in [3.05, 3.63) is 23.1 Å². The molecule has 0 N–H and O–H groups in total. The molecule has 1 aliphatic heterocycles. The van der Waals surface area contributed by atoms with E-state index in [0.29, 0.717) is 5.92 Å². The van der Waals surface area contributed by atoms with Crippen LogP contribution in [-0.4, -0.2) is 45.5 Å². The maximum atomic E-state index is 4.72. The normalized spacial score (nSPS) is 15.5. The highest BCUT2D eigenvalue weighted by Gasteiger charge is 2.23. The molecule has 132 valence electrons. The summed E-state index contributed by atoms with van der Waals surface area (Å²) in [4.78, 5) is 20.7. The van der Waals surface area contributed by atoms with Gasteiger partial charge in [0.2, 0.25) is 5.13 Å². The van der Waals surface area contributed by atoms with Gasteiger partial charge in [0.05, 0.1) is 5.39 Å². The summed E-state index contributed by atoms with van der Waals surface area (Å²) in [5.74, 6) is 2.63. The van der Waals surface area contributed by atoms with Crippen molar-refractivity contribution >= 4 is 44.0 Å². The van der Waals surface area contributed by atoms with Gasteiger partial charge in [0, 0.05) is 49.0 Å². The number of anilines is 2. The minimum atomic E-state index is 0.591. The Labute approximate surface area is 155 Å². The second-order valence-corrected chi connectivity index (χ2v) is 8.80. The van der Waals surface area contributed by atoms with Crippen LogP contribution in [0, 0.1) is 12.8 Å². The number of hydrogen-bond acceptors (Lipinski definition) is 8. The second kappa shape index (κ2) is 6.84. The fourth-order valence-corrected chi connectivity index (χ4v) is 4.73. The average Bonchev–Trinajstić information content (AvgIpc) is 3.19. The van der Waals surface area contributed by atoms with Gasteiger partial charge in [0.15, 0.2) is 0 Å². The monoisotopic (exact) mass is 374 g/mol. The molecule has 1 aliphatic rings. The molecule has 0 aromatic carbocycles. The summed E-state index contributed by atoms with van der Waals surface area (Å²) in [6.07, 6.45) is 2.63. The number of nitrogens with zero attached hydrogens (tertiary/aromatic N) is 6. The third-order valence-corrected chi connectivity index (χ3v) is 6.10. The van der Waals surface area contributed by atoms with Crippen LogP contribution < -0.4 is 9.80 Å². The van der Waals surface area contributed by atoms with Crippen LogP contribution in [0.2, 0.25) is 0 Å². The maximum absolute atomic E-state index is 4.72. The molecule has 8 heteroatoms. The molecule has 1 saturated heterocycles. The largest absolute Gasteiger partial charge is 0.352 e. The molecule has 25 heavy (non-hydrogen) atoms. The van der Waals surface area contributed by atoms with E-state index in [-0.39, 0.29) is 0 Å². The van der Waals surface area contributed by atoms with Crippen molar-refractivity contribution in [2.24, 2.45) is 5.92 Å². The predicted octanol–water partition coefficient (Wildman–Crippen LogP) is 3.38. The lowest BCUT2D eigenvalue weighted by Crippen LogP contribution is -2.46. The first-order chi connectivity index (χ1) is 12.1. The first kappa shape index (κ1) is 16.7. The van der Waals surface area contributed by atoms with Crippen LogP contribution in [0.3, 0.4) is 0 Å². The van der Waals surface area contributed by atoms with Gasteiger partial charge >= 0.3 is 0 Å². The Bertz CT molecular complexity index is 863. The van der Waals surface area contributed by atoms with Crippen LogP contribution in [0.25, 0.3) is 10.2 Å². The van der Waals surface area contributed by atoms with Crippen LogP contribution in [0.5, 0.6) is 0 Å². The highest BCUT2D eigenvalue weighted by molar-refractivity contribution is 7.18. The first-order valence-corrected chi connectivity index (χ1v) is 10.2. The number of aryl methyl sites for hydroxylation is 1. The summed E-state index contributed by atoms with van der Waals surface area (Å²) < 4.78 is 4.51. The molecular formula is C17H22N6S2. The smallest absolute Gasteiger partial charge is 0.205 e. The van der Waals surface area contributed by atoms with E-state index in [1.54, 1.807) is 17.7 Å². The van der Waals surface area contributed by atoms with Gasteiger partial charge in [0.1, 0.15) is 22.8 Å². The SMILES string of the molecule is Cc1cc2c(N3CCN(c4nc(CC(C)C)ns4)CC3)ncnc2s1. The van der Waals surface area contributed by atoms with E-state index in [0.717, 1.165) is 54.2 Å². The van der Waals surface area contributed by atoms with Crippen molar-refractivity contribution < 1.29 is 0 Å². The van der Waals surface area contributed by atoms with Gasteiger partial charge in [-0.1, -0.05) is 13.8 Å². The van der Waals surface area contributed by atoms with Crippen LogP contribution in [-0.2, 0) is 6.42 Å². The highest BCUT2D eigenvalue weighted by Crippen LogP contribution is 2.30. The van der Waals surface area contributed by atoms with Crippen molar-refractivity contribution in [2.75, 3.05) is 36.0 Å². The van der Waals surface area contributed by atoms with E-state index in [1.807, 2.05) is 0 Å². The first-order valence-electron chi connectivity index (χ1n) is 8.64. The van der Waals surface area contributed by atoms with E-state index >= 15 is 0 Å². The molecule has 4 heterocycles. The molecular weight excluding hydrogens is 352 g/mol. The van der Waals surface area contributed by atoms with Crippen molar-refractivity contribution in [1.29, 1.82) is 0 Å². The zero-order valence-electron chi connectivity index (χ0n) is 14.8. The Kier molecular flexibility index (Phi) is 4.56. The lowest BCUT2D eigenvalue weighted by atomic mass is 10.1. The Morgan fingerprint density at radius 2 is 1.88 bits per heavy atom. The number of piperazine rings is 1. The number of thiophene rings is 1. The highest BCUT2D eigenvalue weighted by atomic mass is 32.1. The topological polar surface area (TPSA) is 58.0 Å². The predicted molar refractivity (Wildman–Crippen MR) is 105 cm³/mol.